The molecule has 3 aromatic rings. The second-order valence-electron chi connectivity index (χ2n) is 6.63. The quantitative estimate of drug-likeness (QED) is 0.657. The molecular weight excluding hydrogens is 368 g/mol. The third-order valence-electron chi connectivity index (χ3n) is 4.47. The Balaban J connectivity index is 1.51. The van der Waals surface area contributed by atoms with Gasteiger partial charge in [0.05, 0.1) is 6.61 Å². The van der Waals surface area contributed by atoms with Gasteiger partial charge in [0.2, 0.25) is 0 Å². The molecule has 0 fully saturated rings. The summed E-state index contributed by atoms with van der Waals surface area (Å²) in [5.74, 6) is 2.73. The number of hydrogen-bond acceptors (Lipinski definition) is 5. The fourth-order valence-corrected chi connectivity index (χ4v) is 2.98. The molecule has 0 radical (unpaired) electrons. The molecule has 1 aliphatic heterocycles. The number of hydrogen-bond donors (Lipinski definition) is 0. The summed E-state index contributed by atoms with van der Waals surface area (Å²) in [4.78, 5) is 0. The minimum absolute atomic E-state index is 0.267. The lowest BCUT2D eigenvalue weighted by Gasteiger charge is -2.20. The van der Waals surface area contributed by atoms with Gasteiger partial charge >= 0.3 is 0 Å². The molecule has 0 atom stereocenters. The lowest BCUT2D eigenvalue weighted by molar-refractivity contribution is -0.0173. The van der Waals surface area contributed by atoms with Gasteiger partial charge in [0.1, 0.15) is 32.5 Å². The second-order valence-corrected chi connectivity index (χ2v) is 6.63. The zero-order valence-electron chi connectivity index (χ0n) is 16.2. The van der Waals surface area contributed by atoms with Gasteiger partial charge in [-0.2, -0.15) is 0 Å². The largest absolute Gasteiger partial charge is 0.487 e. The summed E-state index contributed by atoms with van der Waals surface area (Å²) < 4.78 is 29.8. The highest BCUT2D eigenvalue weighted by Gasteiger charge is 2.16. The Hall–Kier alpha value is -3.18. The van der Waals surface area contributed by atoms with Crippen LogP contribution in [0.25, 0.3) is 0 Å². The number of benzene rings is 3. The molecule has 150 valence electrons. The highest BCUT2D eigenvalue weighted by atomic mass is 16.6. The summed E-state index contributed by atoms with van der Waals surface area (Å²) in [6, 6.07) is 25.3. The summed E-state index contributed by atoms with van der Waals surface area (Å²) in [5, 5.41) is 0. The van der Waals surface area contributed by atoms with E-state index in [0.29, 0.717) is 56.0 Å². The Morgan fingerprint density at radius 1 is 0.586 bits per heavy atom. The molecule has 0 N–H and O–H groups in total. The van der Waals surface area contributed by atoms with Crippen LogP contribution in [0.3, 0.4) is 0 Å². The molecule has 0 bridgehead atoms. The summed E-state index contributed by atoms with van der Waals surface area (Å²) in [7, 11) is 0. The standard InChI is InChI=1S/C24H24O5/c1-2-8-19(9-3-1)16-27-20-17-28-23-12-6-4-10-21(23)25-14-15-26-22-11-5-7-13-24(22)29-18-20/h1-13,20H,14-18H2. The van der Waals surface area contributed by atoms with Crippen LogP contribution < -0.4 is 18.9 Å². The summed E-state index contributed by atoms with van der Waals surface area (Å²) in [6.45, 7) is 1.98. The molecule has 1 heterocycles. The van der Waals surface area contributed by atoms with Crippen molar-refractivity contribution in [2.45, 2.75) is 12.7 Å². The van der Waals surface area contributed by atoms with Gasteiger partial charge in [-0.15, -0.1) is 0 Å². The molecule has 0 spiro atoms. The van der Waals surface area contributed by atoms with Crippen LogP contribution in [0.1, 0.15) is 5.56 Å². The Kier molecular flexibility index (Phi) is 6.50. The topological polar surface area (TPSA) is 46.2 Å². The van der Waals surface area contributed by atoms with Gasteiger partial charge in [-0.1, -0.05) is 54.6 Å². The van der Waals surface area contributed by atoms with Crippen molar-refractivity contribution in [3.8, 4) is 23.0 Å². The van der Waals surface area contributed by atoms with Crippen molar-refractivity contribution in [3.63, 3.8) is 0 Å². The van der Waals surface area contributed by atoms with E-state index in [0.717, 1.165) is 5.56 Å². The first-order chi connectivity index (χ1) is 14.4. The summed E-state index contributed by atoms with van der Waals surface area (Å²) >= 11 is 0. The minimum Gasteiger partial charge on any atom is -0.487 e. The first-order valence-corrected chi connectivity index (χ1v) is 9.73. The molecule has 0 aliphatic carbocycles. The molecular formula is C24H24O5. The van der Waals surface area contributed by atoms with Crippen LogP contribution >= 0.6 is 0 Å². The van der Waals surface area contributed by atoms with E-state index in [9.17, 15) is 0 Å². The van der Waals surface area contributed by atoms with E-state index in [4.69, 9.17) is 23.7 Å². The monoisotopic (exact) mass is 392 g/mol. The predicted molar refractivity (Wildman–Crippen MR) is 110 cm³/mol. The summed E-state index contributed by atoms with van der Waals surface area (Å²) in [5.41, 5.74) is 1.10. The van der Waals surface area contributed by atoms with Gasteiger partial charge < -0.3 is 23.7 Å². The van der Waals surface area contributed by atoms with Crippen LogP contribution in [0, 0.1) is 0 Å². The normalized spacial score (nSPS) is 14.9. The third-order valence-corrected chi connectivity index (χ3v) is 4.47. The van der Waals surface area contributed by atoms with Gasteiger partial charge in [-0.3, -0.25) is 0 Å². The maximum atomic E-state index is 6.10. The number of ether oxygens (including phenoxy) is 5. The van der Waals surface area contributed by atoms with Crippen LogP contribution in [0.15, 0.2) is 78.9 Å². The maximum Gasteiger partial charge on any atom is 0.161 e. The number of rotatable bonds is 3. The Bertz CT molecular complexity index is 843. The van der Waals surface area contributed by atoms with Crippen molar-refractivity contribution in [1.29, 1.82) is 0 Å². The molecule has 0 aromatic heterocycles. The van der Waals surface area contributed by atoms with Gasteiger partial charge in [0.25, 0.3) is 0 Å². The van der Waals surface area contributed by atoms with Gasteiger partial charge in [0.15, 0.2) is 23.0 Å². The number of fused-ring (bicyclic) bond motifs is 2. The van der Waals surface area contributed by atoms with Crippen LogP contribution in [-0.4, -0.2) is 32.5 Å². The fourth-order valence-electron chi connectivity index (χ4n) is 2.98. The van der Waals surface area contributed by atoms with Crippen molar-refractivity contribution >= 4 is 0 Å². The summed E-state index contributed by atoms with van der Waals surface area (Å²) in [6.07, 6.45) is -0.267. The van der Waals surface area contributed by atoms with E-state index in [-0.39, 0.29) is 6.10 Å². The third kappa shape index (κ3) is 5.42. The van der Waals surface area contributed by atoms with Crippen molar-refractivity contribution in [2.75, 3.05) is 26.4 Å². The van der Waals surface area contributed by atoms with E-state index in [1.54, 1.807) is 0 Å². The van der Waals surface area contributed by atoms with Crippen molar-refractivity contribution in [1.82, 2.24) is 0 Å². The molecule has 4 rings (SSSR count). The van der Waals surface area contributed by atoms with Crippen LogP contribution in [0.2, 0.25) is 0 Å². The Morgan fingerprint density at radius 2 is 1.03 bits per heavy atom. The van der Waals surface area contributed by atoms with E-state index in [2.05, 4.69) is 0 Å². The lowest BCUT2D eigenvalue weighted by atomic mass is 10.2. The average molecular weight is 392 g/mol. The van der Waals surface area contributed by atoms with E-state index in [1.165, 1.54) is 0 Å². The first kappa shape index (κ1) is 19.2. The van der Waals surface area contributed by atoms with Gasteiger partial charge in [0, 0.05) is 0 Å². The molecule has 1 aliphatic rings. The average Bonchev–Trinajstić information content (AvgIpc) is 2.79. The molecule has 3 aromatic carbocycles. The van der Waals surface area contributed by atoms with Gasteiger partial charge in [-0.05, 0) is 29.8 Å². The maximum absolute atomic E-state index is 6.10. The second kappa shape index (κ2) is 9.85. The fraction of sp³-hybridized carbons (Fsp3) is 0.250. The molecule has 0 saturated carbocycles. The van der Waals surface area contributed by atoms with Crippen LogP contribution in [-0.2, 0) is 11.3 Å². The highest BCUT2D eigenvalue weighted by molar-refractivity contribution is 5.40. The van der Waals surface area contributed by atoms with Crippen LogP contribution in [0.5, 0.6) is 23.0 Å². The van der Waals surface area contributed by atoms with E-state index in [1.807, 2.05) is 78.9 Å². The molecule has 0 unspecified atom stereocenters. The Morgan fingerprint density at radius 3 is 1.55 bits per heavy atom. The zero-order chi connectivity index (χ0) is 19.7. The molecule has 29 heavy (non-hydrogen) atoms. The lowest BCUT2D eigenvalue weighted by Crippen LogP contribution is -2.28. The zero-order valence-corrected chi connectivity index (χ0v) is 16.2. The van der Waals surface area contributed by atoms with E-state index < -0.39 is 0 Å². The molecule has 5 heteroatoms. The van der Waals surface area contributed by atoms with Crippen molar-refractivity contribution in [2.24, 2.45) is 0 Å². The first-order valence-electron chi connectivity index (χ1n) is 9.73. The van der Waals surface area contributed by atoms with Crippen molar-refractivity contribution < 1.29 is 23.7 Å². The molecule has 0 amide bonds. The highest BCUT2D eigenvalue weighted by Crippen LogP contribution is 2.29. The molecule has 0 saturated heterocycles. The Labute approximate surface area is 170 Å². The predicted octanol–water partition coefficient (Wildman–Crippen LogP) is 4.50. The van der Waals surface area contributed by atoms with Crippen molar-refractivity contribution in [3.05, 3.63) is 84.4 Å². The smallest absolute Gasteiger partial charge is 0.161 e. The van der Waals surface area contributed by atoms with Gasteiger partial charge in [-0.25, -0.2) is 0 Å². The minimum atomic E-state index is -0.267. The SMILES string of the molecule is c1ccc(COC2COc3ccccc3OCCOc3ccccc3OC2)cc1. The molecule has 5 nitrogen and oxygen atoms in total. The number of para-hydroxylation sites is 4. The van der Waals surface area contributed by atoms with E-state index >= 15 is 0 Å². The van der Waals surface area contributed by atoms with Crippen LogP contribution in [0.4, 0.5) is 0 Å².